The second-order valence-corrected chi connectivity index (χ2v) is 8.74. The average Bonchev–Trinajstić information content (AvgIpc) is 2.83. The SMILES string of the molecule is N#Cc1ccc(CCN2CCN(c3ccc(C#N)cc3Cl)[C@H](c3ccc(Cl)cc3)C2)cc1. The van der Waals surface area contributed by atoms with Gasteiger partial charge in [0.2, 0.25) is 0 Å². The quantitative estimate of drug-likeness (QED) is 0.479. The van der Waals surface area contributed by atoms with E-state index in [1.807, 2.05) is 48.5 Å². The van der Waals surface area contributed by atoms with Crippen LogP contribution in [-0.2, 0) is 6.42 Å². The summed E-state index contributed by atoms with van der Waals surface area (Å²) in [5, 5.41) is 19.5. The summed E-state index contributed by atoms with van der Waals surface area (Å²) in [7, 11) is 0. The van der Waals surface area contributed by atoms with Crippen LogP contribution in [-0.4, -0.2) is 31.1 Å². The zero-order valence-corrected chi connectivity index (χ0v) is 19.0. The van der Waals surface area contributed by atoms with E-state index in [-0.39, 0.29) is 6.04 Å². The summed E-state index contributed by atoms with van der Waals surface area (Å²) < 4.78 is 0. The number of nitrogens with zero attached hydrogens (tertiary/aromatic N) is 4. The van der Waals surface area contributed by atoms with Crippen molar-refractivity contribution >= 4 is 28.9 Å². The van der Waals surface area contributed by atoms with Gasteiger partial charge in [0.05, 0.1) is 40.0 Å². The third-order valence-corrected chi connectivity index (χ3v) is 6.46. The van der Waals surface area contributed by atoms with Gasteiger partial charge in [0.25, 0.3) is 0 Å². The van der Waals surface area contributed by atoms with Gasteiger partial charge in [0.1, 0.15) is 0 Å². The van der Waals surface area contributed by atoms with Crippen LogP contribution in [0.15, 0.2) is 66.7 Å². The molecule has 1 atom stereocenters. The van der Waals surface area contributed by atoms with E-state index < -0.39 is 0 Å². The van der Waals surface area contributed by atoms with Gasteiger partial charge < -0.3 is 4.90 Å². The molecule has 0 bridgehead atoms. The molecule has 1 saturated heterocycles. The topological polar surface area (TPSA) is 54.1 Å². The highest BCUT2D eigenvalue weighted by atomic mass is 35.5. The van der Waals surface area contributed by atoms with E-state index in [1.165, 1.54) is 11.1 Å². The Bertz CT molecular complexity index is 1160. The van der Waals surface area contributed by atoms with Gasteiger partial charge in [-0.3, -0.25) is 4.90 Å². The Hall–Kier alpha value is -3.02. The molecule has 1 aliphatic rings. The van der Waals surface area contributed by atoms with Crippen LogP contribution in [0, 0.1) is 22.7 Å². The molecule has 0 N–H and O–H groups in total. The van der Waals surface area contributed by atoms with Crippen molar-refractivity contribution in [3.05, 3.63) is 99.0 Å². The maximum Gasteiger partial charge on any atom is 0.0992 e. The van der Waals surface area contributed by atoms with Gasteiger partial charge in [-0.2, -0.15) is 10.5 Å². The van der Waals surface area contributed by atoms with Gasteiger partial charge in [-0.15, -0.1) is 0 Å². The van der Waals surface area contributed by atoms with Crippen LogP contribution in [0.2, 0.25) is 10.0 Å². The summed E-state index contributed by atoms with van der Waals surface area (Å²) in [6, 6.07) is 25.7. The highest BCUT2D eigenvalue weighted by Crippen LogP contribution is 2.36. The second-order valence-electron chi connectivity index (χ2n) is 7.90. The fourth-order valence-electron chi connectivity index (χ4n) is 4.14. The van der Waals surface area contributed by atoms with Gasteiger partial charge in [-0.1, -0.05) is 47.5 Å². The zero-order chi connectivity index (χ0) is 22.5. The van der Waals surface area contributed by atoms with Crippen LogP contribution in [0.3, 0.4) is 0 Å². The summed E-state index contributed by atoms with van der Waals surface area (Å²) in [6.45, 7) is 3.53. The van der Waals surface area contributed by atoms with E-state index in [0.29, 0.717) is 21.2 Å². The molecule has 0 spiro atoms. The molecule has 0 aliphatic carbocycles. The Labute approximate surface area is 198 Å². The second kappa shape index (κ2) is 10.1. The molecule has 4 rings (SSSR count). The van der Waals surface area contributed by atoms with Crippen molar-refractivity contribution in [2.75, 3.05) is 31.1 Å². The molecule has 1 aliphatic heterocycles. The van der Waals surface area contributed by atoms with Crippen molar-refractivity contribution in [2.45, 2.75) is 12.5 Å². The Morgan fingerprint density at radius 2 is 1.53 bits per heavy atom. The normalized spacial score (nSPS) is 16.4. The molecule has 32 heavy (non-hydrogen) atoms. The first kappa shape index (κ1) is 22.2. The standard InChI is InChI=1S/C26H22Cl2N4/c27-23-8-6-22(7-9-23)26-18-31(12-11-19-1-3-20(16-29)4-2-19)13-14-32(26)25-10-5-21(17-30)15-24(25)28/h1-10,15,26H,11-14,18H2/t26-/m0/s1. The minimum atomic E-state index is 0.118. The third kappa shape index (κ3) is 5.06. The van der Waals surface area contributed by atoms with Crippen LogP contribution in [0.4, 0.5) is 5.69 Å². The highest BCUT2D eigenvalue weighted by Gasteiger charge is 2.29. The van der Waals surface area contributed by atoms with Gasteiger partial charge in [0.15, 0.2) is 0 Å². The molecule has 160 valence electrons. The van der Waals surface area contributed by atoms with Crippen molar-refractivity contribution in [2.24, 2.45) is 0 Å². The Morgan fingerprint density at radius 1 is 0.844 bits per heavy atom. The predicted molar refractivity (Wildman–Crippen MR) is 129 cm³/mol. The molecular weight excluding hydrogens is 439 g/mol. The largest absolute Gasteiger partial charge is 0.361 e. The number of hydrogen-bond acceptors (Lipinski definition) is 4. The lowest BCUT2D eigenvalue weighted by Gasteiger charge is -2.43. The molecule has 1 fully saturated rings. The number of hydrogen-bond donors (Lipinski definition) is 0. The summed E-state index contributed by atoms with van der Waals surface area (Å²) in [5.41, 5.74) is 4.59. The Balaban J connectivity index is 1.54. The van der Waals surface area contributed by atoms with Crippen molar-refractivity contribution in [3.63, 3.8) is 0 Å². The molecule has 3 aromatic rings. The molecule has 3 aromatic carbocycles. The van der Waals surface area contributed by atoms with E-state index >= 15 is 0 Å². The third-order valence-electron chi connectivity index (χ3n) is 5.91. The first-order valence-electron chi connectivity index (χ1n) is 10.5. The number of piperazine rings is 1. The van der Waals surface area contributed by atoms with E-state index in [0.717, 1.165) is 38.3 Å². The molecule has 0 radical (unpaired) electrons. The lowest BCUT2D eigenvalue weighted by atomic mass is 10.0. The minimum Gasteiger partial charge on any atom is -0.361 e. The van der Waals surface area contributed by atoms with Gasteiger partial charge in [0, 0.05) is 31.2 Å². The van der Waals surface area contributed by atoms with Crippen LogP contribution in [0.1, 0.15) is 28.3 Å². The average molecular weight is 461 g/mol. The summed E-state index contributed by atoms with van der Waals surface area (Å²) >= 11 is 12.7. The van der Waals surface area contributed by atoms with Crippen LogP contribution >= 0.6 is 23.2 Å². The van der Waals surface area contributed by atoms with Crippen molar-refractivity contribution < 1.29 is 0 Å². The Kier molecular flexibility index (Phi) is 6.98. The number of rotatable bonds is 5. The Morgan fingerprint density at radius 3 is 2.19 bits per heavy atom. The van der Waals surface area contributed by atoms with Crippen LogP contribution < -0.4 is 4.90 Å². The molecule has 0 aromatic heterocycles. The fraction of sp³-hybridized carbons (Fsp3) is 0.231. The number of benzene rings is 3. The fourth-order valence-corrected chi connectivity index (χ4v) is 4.56. The predicted octanol–water partition coefficient (Wildman–Crippen LogP) is 5.84. The van der Waals surface area contributed by atoms with Crippen molar-refractivity contribution in [3.8, 4) is 12.1 Å². The van der Waals surface area contributed by atoms with Crippen molar-refractivity contribution in [1.29, 1.82) is 10.5 Å². The maximum absolute atomic E-state index is 9.18. The van der Waals surface area contributed by atoms with E-state index in [1.54, 1.807) is 6.07 Å². The summed E-state index contributed by atoms with van der Waals surface area (Å²) in [6.07, 6.45) is 0.927. The van der Waals surface area contributed by atoms with Gasteiger partial charge in [-0.05, 0) is 60.0 Å². The number of anilines is 1. The first-order valence-corrected chi connectivity index (χ1v) is 11.3. The molecule has 0 saturated carbocycles. The lowest BCUT2D eigenvalue weighted by molar-refractivity contribution is 0.226. The molecule has 6 heteroatoms. The van der Waals surface area contributed by atoms with E-state index in [4.69, 9.17) is 28.5 Å². The molecule has 0 amide bonds. The number of halogens is 2. The monoisotopic (exact) mass is 460 g/mol. The first-order chi connectivity index (χ1) is 15.6. The molecule has 0 unspecified atom stereocenters. The molecular formula is C26H22Cl2N4. The summed E-state index contributed by atoms with van der Waals surface area (Å²) in [5.74, 6) is 0. The smallest absolute Gasteiger partial charge is 0.0992 e. The molecule has 4 nitrogen and oxygen atoms in total. The molecule has 1 heterocycles. The maximum atomic E-state index is 9.18. The van der Waals surface area contributed by atoms with Gasteiger partial charge in [-0.25, -0.2) is 0 Å². The lowest BCUT2D eigenvalue weighted by Crippen LogP contribution is -2.49. The van der Waals surface area contributed by atoms with Crippen LogP contribution in [0.25, 0.3) is 0 Å². The van der Waals surface area contributed by atoms with Gasteiger partial charge >= 0.3 is 0 Å². The van der Waals surface area contributed by atoms with E-state index in [2.05, 4.69) is 34.1 Å². The highest BCUT2D eigenvalue weighted by molar-refractivity contribution is 6.33. The van der Waals surface area contributed by atoms with Crippen molar-refractivity contribution in [1.82, 2.24) is 4.90 Å². The zero-order valence-electron chi connectivity index (χ0n) is 17.5. The van der Waals surface area contributed by atoms with E-state index in [9.17, 15) is 5.26 Å². The summed E-state index contributed by atoms with van der Waals surface area (Å²) in [4.78, 5) is 4.79. The minimum absolute atomic E-state index is 0.118. The van der Waals surface area contributed by atoms with Crippen LogP contribution in [0.5, 0.6) is 0 Å². The number of nitriles is 2.